The lowest BCUT2D eigenvalue weighted by Crippen LogP contribution is -2.30. The second kappa shape index (κ2) is 4.02. The average molecular weight is 182 g/mol. The lowest BCUT2D eigenvalue weighted by atomic mass is 9.65. The van der Waals surface area contributed by atoms with Crippen LogP contribution in [0.5, 0.6) is 0 Å². The van der Waals surface area contributed by atoms with Crippen molar-refractivity contribution in [3.63, 3.8) is 0 Å². The Morgan fingerprint density at radius 2 is 1.77 bits per heavy atom. The van der Waals surface area contributed by atoms with E-state index in [2.05, 4.69) is 34.6 Å². The van der Waals surface area contributed by atoms with Crippen molar-refractivity contribution in [2.45, 2.75) is 60.3 Å². The molecule has 0 heteroatoms. The van der Waals surface area contributed by atoms with E-state index in [1.807, 2.05) is 0 Å². The minimum absolute atomic E-state index is 0.535. The molecule has 0 nitrogen and oxygen atoms in total. The summed E-state index contributed by atoms with van der Waals surface area (Å²) in [6.45, 7) is 12.0. The smallest absolute Gasteiger partial charge is 0.0354 e. The first-order valence-electron chi connectivity index (χ1n) is 5.95. The van der Waals surface area contributed by atoms with Gasteiger partial charge in [-0.3, -0.25) is 0 Å². The van der Waals surface area contributed by atoms with Gasteiger partial charge in [-0.15, -0.1) is 0 Å². The van der Waals surface area contributed by atoms with Crippen LogP contribution in [0.2, 0.25) is 0 Å². The highest BCUT2D eigenvalue weighted by molar-refractivity contribution is 4.83. The van der Waals surface area contributed by atoms with E-state index < -0.39 is 0 Å². The highest BCUT2D eigenvalue weighted by atomic mass is 14.4. The van der Waals surface area contributed by atoms with Crippen LogP contribution in [-0.4, -0.2) is 0 Å². The van der Waals surface area contributed by atoms with Crippen LogP contribution in [0, 0.1) is 23.2 Å². The zero-order chi connectivity index (χ0) is 10.1. The van der Waals surface area contributed by atoms with Crippen LogP contribution in [-0.2, 0) is 0 Å². The van der Waals surface area contributed by atoms with Gasteiger partial charge < -0.3 is 0 Å². The SMILES string of the molecule is CCC1CCC(C(C)(C)C)CC1C. The molecule has 1 saturated carbocycles. The van der Waals surface area contributed by atoms with Gasteiger partial charge in [0.1, 0.15) is 0 Å². The maximum absolute atomic E-state index is 2.45. The van der Waals surface area contributed by atoms with Crippen molar-refractivity contribution in [1.82, 2.24) is 0 Å². The number of hydrogen-bond donors (Lipinski definition) is 0. The fourth-order valence-electron chi connectivity index (χ4n) is 2.85. The number of hydrogen-bond acceptors (Lipinski definition) is 0. The van der Waals surface area contributed by atoms with Crippen LogP contribution in [0.25, 0.3) is 0 Å². The minimum Gasteiger partial charge on any atom is -0.0651 e. The summed E-state index contributed by atoms with van der Waals surface area (Å²) in [4.78, 5) is 0. The molecule has 13 heavy (non-hydrogen) atoms. The molecule has 3 unspecified atom stereocenters. The zero-order valence-corrected chi connectivity index (χ0v) is 10.1. The highest BCUT2D eigenvalue weighted by Crippen LogP contribution is 2.43. The molecule has 0 aromatic carbocycles. The largest absolute Gasteiger partial charge is 0.0651 e. The summed E-state index contributed by atoms with van der Waals surface area (Å²) in [6.07, 6.45) is 5.78. The van der Waals surface area contributed by atoms with Crippen LogP contribution in [0.3, 0.4) is 0 Å². The number of rotatable bonds is 1. The molecular weight excluding hydrogens is 156 g/mol. The predicted molar refractivity (Wildman–Crippen MR) is 59.7 cm³/mol. The van der Waals surface area contributed by atoms with E-state index in [1.54, 1.807) is 0 Å². The van der Waals surface area contributed by atoms with Crippen molar-refractivity contribution in [2.24, 2.45) is 23.2 Å². The van der Waals surface area contributed by atoms with Gasteiger partial charge in [-0.2, -0.15) is 0 Å². The molecule has 0 saturated heterocycles. The molecule has 0 aliphatic heterocycles. The fraction of sp³-hybridized carbons (Fsp3) is 1.00. The Morgan fingerprint density at radius 1 is 1.15 bits per heavy atom. The van der Waals surface area contributed by atoms with Gasteiger partial charge in [-0.05, 0) is 42.4 Å². The van der Waals surface area contributed by atoms with Crippen molar-refractivity contribution in [1.29, 1.82) is 0 Å². The summed E-state index contributed by atoms with van der Waals surface area (Å²) >= 11 is 0. The van der Waals surface area contributed by atoms with Gasteiger partial charge in [0.2, 0.25) is 0 Å². The van der Waals surface area contributed by atoms with E-state index in [-0.39, 0.29) is 0 Å². The van der Waals surface area contributed by atoms with E-state index in [9.17, 15) is 0 Å². The van der Waals surface area contributed by atoms with Crippen molar-refractivity contribution < 1.29 is 0 Å². The molecule has 1 fully saturated rings. The van der Waals surface area contributed by atoms with Crippen molar-refractivity contribution in [2.75, 3.05) is 0 Å². The van der Waals surface area contributed by atoms with Crippen LogP contribution < -0.4 is 0 Å². The molecule has 0 heterocycles. The van der Waals surface area contributed by atoms with E-state index >= 15 is 0 Å². The van der Waals surface area contributed by atoms with Gasteiger partial charge >= 0.3 is 0 Å². The summed E-state index contributed by atoms with van der Waals surface area (Å²) in [5.41, 5.74) is 0.535. The second-order valence-electron chi connectivity index (χ2n) is 6.02. The first kappa shape index (κ1) is 11.1. The minimum atomic E-state index is 0.535. The molecule has 0 amide bonds. The molecule has 0 spiro atoms. The van der Waals surface area contributed by atoms with Crippen LogP contribution >= 0.6 is 0 Å². The maximum Gasteiger partial charge on any atom is -0.0354 e. The topological polar surface area (TPSA) is 0 Å². The molecule has 0 bridgehead atoms. The van der Waals surface area contributed by atoms with Gasteiger partial charge in [0.05, 0.1) is 0 Å². The van der Waals surface area contributed by atoms with E-state index in [1.165, 1.54) is 25.7 Å². The first-order valence-corrected chi connectivity index (χ1v) is 5.95. The Labute approximate surface area is 84.1 Å². The molecule has 0 N–H and O–H groups in total. The third-order valence-electron chi connectivity index (χ3n) is 4.10. The Hall–Kier alpha value is 0. The van der Waals surface area contributed by atoms with Crippen LogP contribution in [0.15, 0.2) is 0 Å². The Morgan fingerprint density at radius 3 is 2.15 bits per heavy atom. The van der Waals surface area contributed by atoms with Gasteiger partial charge in [-0.25, -0.2) is 0 Å². The van der Waals surface area contributed by atoms with Crippen molar-refractivity contribution in [3.05, 3.63) is 0 Å². The average Bonchev–Trinajstić information content (AvgIpc) is 2.02. The van der Waals surface area contributed by atoms with E-state index in [4.69, 9.17) is 0 Å². The van der Waals surface area contributed by atoms with E-state index in [0.717, 1.165) is 17.8 Å². The molecule has 3 atom stereocenters. The highest BCUT2D eigenvalue weighted by Gasteiger charge is 2.32. The maximum atomic E-state index is 2.45. The molecule has 78 valence electrons. The zero-order valence-electron chi connectivity index (χ0n) is 10.1. The van der Waals surface area contributed by atoms with Gasteiger partial charge in [0.25, 0.3) is 0 Å². The van der Waals surface area contributed by atoms with E-state index in [0.29, 0.717) is 5.41 Å². The second-order valence-corrected chi connectivity index (χ2v) is 6.02. The predicted octanol–water partition coefficient (Wildman–Crippen LogP) is 4.49. The summed E-state index contributed by atoms with van der Waals surface area (Å²) in [5.74, 6) is 2.94. The molecule has 0 radical (unpaired) electrons. The van der Waals surface area contributed by atoms with Gasteiger partial charge in [-0.1, -0.05) is 41.0 Å². The van der Waals surface area contributed by atoms with Gasteiger partial charge in [0, 0.05) is 0 Å². The summed E-state index contributed by atoms with van der Waals surface area (Å²) < 4.78 is 0. The van der Waals surface area contributed by atoms with Crippen LogP contribution in [0.1, 0.15) is 60.3 Å². The van der Waals surface area contributed by atoms with Crippen LogP contribution in [0.4, 0.5) is 0 Å². The molecule has 0 aromatic rings. The summed E-state index contributed by atoms with van der Waals surface area (Å²) in [6, 6.07) is 0. The lowest BCUT2D eigenvalue weighted by Gasteiger charge is -2.40. The first-order chi connectivity index (χ1) is 5.95. The molecule has 1 aliphatic carbocycles. The van der Waals surface area contributed by atoms with Gasteiger partial charge in [0.15, 0.2) is 0 Å². The Bertz CT molecular complexity index is 152. The third kappa shape index (κ3) is 2.72. The Kier molecular flexibility index (Phi) is 3.43. The van der Waals surface area contributed by atoms with Crippen molar-refractivity contribution >= 4 is 0 Å². The quantitative estimate of drug-likeness (QED) is 0.560. The summed E-state index contributed by atoms with van der Waals surface area (Å²) in [5, 5.41) is 0. The monoisotopic (exact) mass is 182 g/mol. The normalized spacial score (nSPS) is 36.2. The summed E-state index contributed by atoms with van der Waals surface area (Å²) in [7, 11) is 0. The lowest BCUT2D eigenvalue weighted by molar-refractivity contribution is 0.105. The van der Waals surface area contributed by atoms with Crippen molar-refractivity contribution in [3.8, 4) is 0 Å². The molecule has 1 aliphatic rings. The molecule has 0 aromatic heterocycles. The molecular formula is C13H26. The molecule has 1 rings (SSSR count). The fourth-order valence-corrected chi connectivity index (χ4v) is 2.85. The Balaban J connectivity index is 2.51. The standard InChI is InChI=1S/C13H26/c1-6-11-7-8-12(9-10(11)2)13(3,4)5/h10-12H,6-9H2,1-5H3. The third-order valence-corrected chi connectivity index (χ3v) is 4.10.